The van der Waals surface area contributed by atoms with Crippen molar-refractivity contribution in [2.24, 2.45) is 11.8 Å². The molecule has 3 unspecified atom stereocenters. The van der Waals surface area contributed by atoms with Crippen molar-refractivity contribution in [1.29, 1.82) is 5.41 Å². The summed E-state index contributed by atoms with van der Waals surface area (Å²) in [6, 6.07) is 0.683. The molecule has 1 aliphatic carbocycles. The summed E-state index contributed by atoms with van der Waals surface area (Å²) in [6.45, 7) is 5.85. The number of amidine groups is 1. The van der Waals surface area contributed by atoms with E-state index in [0.29, 0.717) is 6.04 Å². The zero-order chi connectivity index (χ0) is 10.8. The van der Waals surface area contributed by atoms with Gasteiger partial charge in [-0.15, -0.1) is 0 Å². The number of nitrogens with one attached hydrogen (secondary N) is 1. The lowest BCUT2D eigenvalue weighted by Crippen LogP contribution is -2.44. The summed E-state index contributed by atoms with van der Waals surface area (Å²) in [5.41, 5.74) is 0. The smallest absolute Gasteiger partial charge is 0.0960 e. The summed E-state index contributed by atoms with van der Waals surface area (Å²) in [5.74, 6) is 2.62. The Balaban J connectivity index is 2.01. The van der Waals surface area contributed by atoms with E-state index in [2.05, 4.69) is 18.7 Å². The third-order valence-corrected chi connectivity index (χ3v) is 4.52. The van der Waals surface area contributed by atoms with Gasteiger partial charge in [0, 0.05) is 19.0 Å². The molecule has 2 rings (SSSR count). The van der Waals surface area contributed by atoms with E-state index in [1.165, 1.54) is 32.1 Å². The van der Waals surface area contributed by atoms with Crippen LogP contribution in [0.5, 0.6) is 0 Å². The van der Waals surface area contributed by atoms with Crippen LogP contribution in [0.1, 0.15) is 52.4 Å². The molecule has 3 atom stereocenters. The van der Waals surface area contributed by atoms with Gasteiger partial charge < -0.3 is 4.90 Å². The van der Waals surface area contributed by atoms with Gasteiger partial charge >= 0.3 is 0 Å². The van der Waals surface area contributed by atoms with E-state index < -0.39 is 0 Å². The van der Waals surface area contributed by atoms with E-state index in [-0.39, 0.29) is 0 Å². The van der Waals surface area contributed by atoms with Crippen LogP contribution in [-0.2, 0) is 0 Å². The van der Waals surface area contributed by atoms with Gasteiger partial charge in [0.25, 0.3) is 0 Å². The summed E-state index contributed by atoms with van der Waals surface area (Å²) in [7, 11) is 0. The number of likely N-dealkylation sites (tertiary alicyclic amines) is 1. The first-order chi connectivity index (χ1) is 7.24. The Hall–Kier alpha value is -0.530. The van der Waals surface area contributed by atoms with Gasteiger partial charge in [-0.25, -0.2) is 0 Å². The largest absolute Gasteiger partial charge is 0.357 e. The summed E-state index contributed by atoms with van der Waals surface area (Å²) in [5, 5.41) is 8.05. The molecule has 0 aromatic carbocycles. The zero-order valence-corrected chi connectivity index (χ0v) is 10.1. The lowest BCUT2D eigenvalue weighted by atomic mass is 9.92. The van der Waals surface area contributed by atoms with E-state index in [4.69, 9.17) is 5.41 Å². The van der Waals surface area contributed by atoms with Crippen LogP contribution in [0.4, 0.5) is 0 Å². The molecule has 0 amide bonds. The number of piperidine rings is 1. The molecule has 1 saturated carbocycles. The van der Waals surface area contributed by atoms with Gasteiger partial charge in [0.1, 0.15) is 0 Å². The van der Waals surface area contributed by atoms with Crippen LogP contribution in [-0.4, -0.2) is 23.3 Å². The first-order valence-electron chi connectivity index (χ1n) is 6.58. The fraction of sp³-hybridized carbons (Fsp3) is 0.923. The maximum Gasteiger partial charge on any atom is 0.0960 e. The third kappa shape index (κ3) is 2.04. The number of rotatable bonds is 2. The highest BCUT2D eigenvalue weighted by atomic mass is 15.2. The molecular formula is C13H24N2. The normalized spacial score (nSPS) is 37.3. The van der Waals surface area contributed by atoms with Gasteiger partial charge in [0.05, 0.1) is 5.84 Å². The molecule has 2 aliphatic rings. The van der Waals surface area contributed by atoms with Crippen LogP contribution < -0.4 is 0 Å². The van der Waals surface area contributed by atoms with E-state index in [1.54, 1.807) is 0 Å². The number of hydrogen-bond donors (Lipinski definition) is 1. The summed E-state index contributed by atoms with van der Waals surface area (Å²) in [6.07, 6.45) is 7.56. The summed E-state index contributed by atoms with van der Waals surface area (Å²) < 4.78 is 0. The number of nitrogens with zero attached hydrogens (tertiary/aromatic N) is 1. The van der Waals surface area contributed by atoms with Crippen molar-refractivity contribution >= 4 is 5.84 Å². The highest BCUT2D eigenvalue weighted by Gasteiger charge is 2.36. The molecule has 15 heavy (non-hydrogen) atoms. The molecule has 0 radical (unpaired) electrons. The average Bonchev–Trinajstić information content (AvgIpc) is 2.60. The quantitative estimate of drug-likeness (QED) is 0.741. The van der Waals surface area contributed by atoms with E-state index >= 15 is 0 Å². The highest BCUT2D eigenvalue weighted by Crippen LogP contribution is 2.38. The highest BCUT2D eigenvalue weighted by molar-refractivity contribution is 5.80. The first-order valence-corrected chi connectivity index (χ1v) is 6.58. The molecule has 1 aliphatic heterocycles. The standard InChI is InChI=1S/C13H24N2/c1-3-11-7-8-12(10(11)2)15-9-5-4-6-13(15)14/h10-12,14H,3-9H2,1-2H3. The topological polar surface area (TPSA) is 27.1 Å². The Morgan fingerprint density at radius 2 is 2.13 bits per heavy atom. The number of hydrogen-bond acceptors (Lipinski definition) is 1. The molecule has 1 N–H and O–H groups in total. The fourth-order valence-electron chi connectivity index (χ4n) is 3.46. The van der Waals surface area contributed by atoms with Crippen molar-refractivity contribution in [3.63, 3.8) is 0 Å². The fourth-order valence-corrected chi connectivity index (χ4v) is 3.46. The van der Waals surface area contributed by atoms with Crippen LogP contribution >= 0.6 is 0 Å². The molecular weight excluding hydrogens is 184 g/mol. The van der Waals surface area contributed by atoms with Crippen LogP contribution in [0.3, 0.4) is 0 Å². The minimum atomic E-state index is 0.683. The second-order valence-electron chi connectivity index (χ2n) is 5.27. The molecule has 0 aromatic rings. The molecule has 2 heteroatoms. The van der Waals surface area contributed by atoms with Crippen LogP contribution in [0, 0.1) is 17.2 Å². The van der Waals surface area contributed by atoms with Crippen LogP contribution in [0.15, 0.2) is 0 Å². The second-order valence-corrected chi connectivity index (χ2v) is 5.27. The van der Waals surface area contributed by atoms with Gasteiger partial charge in [-0.3, -0.25) is 5.41 Å². The zero-order valence-electron chi connectivity index (χ0n) is 10.1. The molecule has 2 fully saturated rings. The molecule has 0 spiro atoms. The lowest BCUT2D eigenvalue weighted by molar-refractivity contribution is 0.219. The van der Waals surface area contributed by atoms with Crippen molar-refractivity contribution < 1.29 is 0 Å². The van der Waals surface area contributed by atoms with Crippen molar-refractivity contribution in [1.82, 2.24) is 4.90 Å². The van der Waals surface area contributed by atoms with Gasteiger partial charge in [0.2, 0.25) is 0 Å². The average molecular weight is 208 g/mol. The first kappa shape index (κ1) is 11.0. The van der Waals surface area contributed by atoms with E-state index in [9.17, 15) is 0 Å². The third-order valence-electron chi connectivity index (χ3n) is 4.52. The van der Waals surface area contributed by atoms with E-state index in [0.717, 1.165) is 30.6 Å². The maximum absolute atomic E-state index is 8.05. The minimum absolute atomic E-state index is 0.683. The Labute approximate surface area is 93.6 Å². The van der Waals surface area contributed by atoms with E-state index in [1.807, 2.05) is 0 Å². The van der Waals surface area contributed by atoms with Crippen LogP contribution in [0.2, 0.25) is 0 Å². The summed E-state index contributed by atoms with van der Waals surface area (Å²) >= 11 is 0. The molecule has 1 heterocycles. The van der Waals surface area contributed by atoms with Crippen molar-refractivity contribution in [2.75, 3.05) is 6.54 Å². The Morgan fingerprint density at radius 1 is 1.33 bits per heavy atom. The molecule has 1 saturated heterocycles. The van der Waals surface area contributed by atoms with Gasteiger partial charge in [-0.1, -0.05) is 20.3 Å². The van der Waals surface area contributed by atoms with Crippen molar-refractivity contribution in [2.45, 2.75) is 58.4 Å². The monoisotopic (exact) mass is 208 g/mol. The Kier molecular flexibility index (Phi) is 3.32. The Bertz CT molecular complexity index is 237. The molecule has 0 aromatic heterocycles. The van der Waals surface area contributed by atoms with Gasteiger partial charge in [0.15, 0.2) is 0 Å². The second kappa shape index (κ2) is 4.54. The molecule has 86 valence electrons. The predicted molar refractivity (Wildman–Crippen MR) is 64.3 cm³/mol. The molecule has 2 nitrogen and oxygen atoms in total. The maximum atomic E-state index is 8.05. The van der Waals surface area contributed by atoms with Gasteiger partial charge in [-0.2, -0.15) is 0 Å². The molecule has 0 bridgehead atoms. The Morgan fingerprint density at radius 3 is 2.73 bits per heavy atom. The lowest BCUT2D eigenvalue weighted by Gasteiger charge is -2.37. The minimum Gasteiger partial charge on any atom is -0.357 e. The predicted octanol–water partition coefficient (Wildman–Crippen LogP) is 3.27. The van der Waals surface area contributed by atoms with Crippen molar-refractivity contribution in [3.05, 3.63) is 0 Å². The summed E-state index contributed by atoms with van der Waals surface area (Å²) in [4.78, 5) is 2.41. The van der Waals surface area contributed by atoms with Crippen molar-refractivity contribution in [3.8, 4) is 0 Å². The van der Waals surface area contributed by atoms with Crippen LogP contribution in [0.25, 0.3) is 0 Å². The van der Waals surface area contributed by atoms with Gasteiger partial charge in [-0.05, 0) is 37.5 Å². The SMILES string of the molecule is CCC1CCC(N2CCCCC2=N)C1C.